The number of aryl methyl sites for hydroxylation is 1. The Hall–Kier alpha value is -1.68. The molecule has 2 aromatic heterocycles. The molecule has 4 heteroatoms. The van der Waals surface area contributed by atoms with Crippen LogP contribution in [0.4, 0.5) is 0 Å². The Morgan fingerprint density at radius 1 is 1.35 bits per heavy atom. The molecule has 1 aliphatic heterocycles. The molecule has 1 aliphatic rings. The van der Waals surface area contributed by atoms with Crippen LogP contribution in [0.25, 0.3) is 11.3 Å². The Labute approximate surface area is 100 Å². The summed E-state index contributed by atoms with van der Waals surface area (Å²) >= 11 is 0. The van der Waals surface area contributed by atoms with Gasteiger partial charge in [-0.1, -0.05) is 0 Å². The van der Waals surface area contributed by atoms with Gasteiger partial charge in [0.1, 0.15) is 0 Å². The molecule has 0 saturated carbocycles. The molecular weight excluding hydrogens is 212 g/mol. The molecule has 0 aromatic carbocycles. The van der Waals surface area contributed by atoms with Crippen molar-refractivity contribution in [2.24, 2.45) is 0 Å². The minimum absolute atomic E-state index is 0.583. The maximum atomic E-state index is 4.39. The predicted molar refractivity (Wildman–Crippen MR) is 66.8 cm³/mol. The van der Waals surface area contributed by atoms with Crippen molar-refractivity contribution < 1.29 is 0 Å². The molecule has 1 unspecified atom stereocenters. The summed E-state index contributed by atoms with van der Waals surface area (Å²) in [6.07, 6.45) is 3.02. The van der Waals surface area contributed by atoms with Crippen molar-refractivity contribution in [3.05, 3.63) is 35.8 Å². The number of H-pyrrole nitrogens is 1. The lowest BCUT2D eigenvalue weighted by atomic mass is 10.0. The fraction of sp³-hybridized carbons (Fsp3) is 0.385. The van der Waals surface area contributed by atoms with E-state index in [-0.39, 0.29) is 0 Å². The molecule has 1 atom stereocenters. The van der Waals surface area contributed by atoms with E-state index in [1.165, 1.54) is 12.1 Å². The number of pyridine rings is 1. The van der Waals surface area contributed by atoms with E-state index >= 15 is 0 Å². The minimum atomic E-state index is 0.583. The topological polar surface area (TPSA) is 53.6 Å². The average molecular weight is 228 g/mol. The van der Waals surface area contributed by atoms with Gasteiger partial charge in [0, 0.05) is 35.6 Å². The highest BCUT2D eigenvalue weighted by molar-refractivity contribution is 5.59. The Bertz CT molecular complexity index is 512. The molecule has 3 rings (SSSR count). The summed E-state index contributed by atoms with van der Waals surface area (Å²) < 4.78 is 0. The van der Waals surface area contributed by atoms with E-state index in [1.54, 1.807) is 0 Å². The first kappa shape index (κ1) is 10.5. The molecule has 17 heavy (non-hydrogen) atoms. The first-order chi connectivity index (χ1) is 8.33. The van der Waals surface area contributed by atoms with Gasteiger partial charge in [-0.25, -0.2) is 0 Å². The molecule has 88 valence electrons. The molecule has 1 fully saturated rings. The zero-order valence-corrected chi connectivity index (χ0v) is 9.90. The lowest BCUT2D eigenvalue weighted by Gasteiger charge is -2.02. The summed E-state index contributed by atoms with van der Waals surface area (Å²) in [6, 6.07) is 6.22. The van der Waals surface area contributed by atoms with Gasteiger partial charge >= 0.3 is 0 Å². The predicted octanol–water partition coefficient (Wildman–Crippen LogP) is 1.86. The van der Waals surface area contributed by atoms with Crippen LogP contribution >= 0.6 is 0 Å². The molecular formula is C13H16N4. The number of hydrogen-bond acceptors (Lipinski definition) is 3. The Kier molecular flexibility index (Phi) is 2.65. The fourth-order valence-corrected chi connectivity index (χ4v) is 2.32. The van der Waals surface area contributed by atoms with Crippen molar-refractivity contribution in [1.29, 1.82) is 0 Å². The zero-order valence-electron chi connectivity index (χ0n) is 9.90. The number of nitrogens with one attached hydrogen (secondary N) is 2. The Morgan fingerprint density at radius 3 is 3.06 bits per heavy atom. The lowest BCUT2D eigenvalue weighted by Crippen LogP contribution is -2.08. The monoisotopic (exact) mass is 228 g/mol. The van der Waals surface area contributed by atoms with Crippen molar-refractivity contribution in [1.82, 2.24) is 20.5 Å². The van der Waals surface area contributed by atoms with E-state index in [4.69, 9.17) is 0 Å². The summed E-state index contributed by atoms with van der Waals surface area (Å²) in [5.41, 5.74) is 4.40. The largest absolute Gasteiger partial charge is 0.316 e. The van der Waals surface area contributed by atoms with Crippen LogP contribution in [-0.4, -0.2) is 28.3 Å². The number of rotatable bonds is 2. The molecule has 2 aromatic rings. The maximum absolute atomic E-state index is 4.39. The molecule has 2 N–H and O–H groups in total. The molecule has 0 radical (unpaired) electrons. The van der Waals surface area contributed by atoms with Gasteiger partial charge in [-0.2, -0.15) is 5.10 Å². The SMILES string of the molecule is Cc1cc(-c2cc(C3CCNC3)[nH]n2)ccn1. The number of nitrogens with zero attached hydrogens (tertiary/aromatic N) is 2. The minimum Gasteiger partial charge on any atom is -0.316 e. The van der Waals surface area contributed by atoms with E-state index in [0.29, 0.717) is 5.92 Å². The normalized spacial score (nSPS) is 19.7. The maximum Gasteiger partial charge on any atom is 0.0924 e. The van der Waals surface area contributed by atoms with Gasteiger partial charge in [0.2, 0.25) is 0 Å². The Balaban J connectivity index is 1.89. The first-order valence-corrected chi connectivity index (χ1v) is 6.02. The molecule has 0 amide bonds. The van der Waals surface area contributed by atoms with E-state index in [0.717, 1.165) is 30.0 Å². The second-order valence-corrected chi connectivity index (χ2v) is 4.58. The second-order valence-electron chi connectivity index (χ2n) is 4.58. The molecule has 0 bridgehead atoms. The van der Waals surface area contributed by atoms with Gasteiger partial charge in [0.05, 0.1) is 5.69 Å². The van der Waals surface area contributed by atoms with E-state index in [2.05, 4.69) is 32.6 Å². The second kappa shape index (κ2) is 4.30. The van der Waals surface area contributed by atoms with Gasteiger partial charge < -0.3 is 5.32 Å². The van der Waals surface area contributed by atoms with Crippen molar-refractivity contribution in [3.63, 3.8) is 0 Å². The zero-order chi connectivity index (χ0) is 11.7. The highest BCUT2D eigenvalue weighted by atomic mass is 15.1. The smallest absolute Gasteiger partial charge is 0.0924 e. The Morgan fingerprint density at radius 2 is 2.29 bits per heavy atom. The summed E-state index contributed by atoms with van der Waals surface area (Å²) in [5.74, 6) is 0.583. The summed E-state index contributed by atoms with van der Waals surface area (Å²) in [5, 5.41) is 10.9. The summed E-state index contributed by atoms with van der Waals surface area (Å²) in [4.78, 5) is 4.20. The third-order valence-corrected chi connectivity index (χ3v) is 3.29. The van der Waals surface area contributed by atoms with Gasteiger partial charge in [-0.05, 0) is 38.1 Å². The number of hydrogen-bond donors (Lipinski definition) is 2. The van der Waals surface area contributed by atoms with Crippen LogP contribution in [0, 0.1) is 6.92 Å². The van der Waals surface area contributed by atoms with E-state index in [1.807, 2.05) is 19.2 Å². The molecule has 3 heterocycles. The van der Waals surface area contributed by atoms with Crippen molar-refractivity contribution in [2.45, 2.75) is 19.3 Å². The highest BCUT2D eigenvalue weighted by Gasteiger charge is 2.18. The van der Waals surface area contributed by atoms with Crippen LogP contribution in [0.5, 0.6) is 0 Å². The first-order valence-electron chi connectivity index (χ1n) is 6.02. The van der Waals surface area contributed by atoms with Crippen LogP contribution in [0.3, 0.4) is 0 Å². The average Bonchev–Trinajstić information content (AvgIpc) is 3.00. The van der Waals surface area contributed by atoms with Crippen molar-refractivity contribution >= 4 is 0 Å². The fourth-order valence-electron chi connectivity index (χ4n) is 2.32. The van der Waals surface area contributed by atoms with Crippen molar-refractivity contribution in [3.8, 4) is 11.3 Å². The quantitative estimate of drug-likeness (QED) is 0.825. The third kappa shape index (κ3) is 2.08. The molecule has 0 aliphatic carbocycles. The molecule has 4 nitrogen and oxygen atoms in total. The molecule has 0 spiro atoms. The van der Waals surface area contributed by atoms with Crippen LogP contribution in [-0.2, 0) is 0 Å². The summed E-state index contributed by atoms with van der Waals surface area (Å²) in [7, 11) is 0. The highest BCUT2D eigenvalue weighted by Crippen LogP contribution is 2.25. The molecule has 1 saturated heterocycles. The van der Waals surface area contributed by atoms with Crippen molar-refractivity contribution in [2.75, 3.05) is 13.1 Å². The lowest BCUT2D eigenvalue weighted by molar-refractivity contribution is 0.729. The van der Waals surface area contributed by atoms with Gasteiger partial charge in [-0.3, -0.25) is 10.1 Å². The number of aromatic amines is 1. The summed E-state index contributed by atoms with van der Waals surface area (Å²) in [6.45, 7) is 4.16. The van der Waals surface area contributed by atoms with Crippen LogP contribution in [0.15, 0.2) is 24.4 Å². The van der Waals surface area contributed by atoms with E-state index in [9.17, 15) is 0 Å². The van der Waals surface area contributed by atoms with Gasteiger partial charge in [0.25, 0.3) is 0 Å². The number of aromatic nitrogens is 3. The standard InChI is InChI=1S/C13H16N4/c1-9-6-10(3-5-15-9)12-7-13(17-16-12)11-2-4-14-8-11/h3,5-7,11,14H,2,4,8H2,1H3,(H,16,17). The van der Waals surface area contributed by atoms with Gasteiger partial charge in [-0.15, -0.1) is 0 Å². The van der Waals surface area contributed by atoms with E-state index < -0.39 is 0 Å². The van der Waals surface area contributed by atoms with Crippen LogP contribution in [0.2, 0.25) is 0 Å². The van der Waals surface area contributed by atoms with Crippen LogP contribution < -0.4 is 5.32 Å². The van der Waals surface area contributed by atoms with Crippen LogP contribution in [0.1, 0.15) is 23.7 Å². The van der Waals surface area contributed by atoms with Gasteiger partial charge in [0.15, 0.2) is 0 Å². The third-order valence-electron chi connectivity index (χ3n) is 3.29.